The summed E-state index contributed by atoms with van der Waals surface area (Å²) in [6.07, 6.45) is 0. The van der Waals surface area contributed by atoms with E-state index in [1.54, 1.807) is 0 Å². The van der Waals surface area contributed by atoms with Crippen molar-refractivity contribution in [3.8, 4) is 0 Å². The van der Waals surface area contributed by atoms with Crippen molar-refractivity contribution in [1.29, 1.82) is 0 Å². The zero-order valence-corrected chi connectivity index (χ0v) is 31.5. The number of hydrogen-bond acceptors (Lipinski definition) is 6. The van der Waals surface area contributed by atoms with Gasteiger partial charge >= 0.3 is 25.7 Å². The summed E-state index contributed by atoms with van der Waals surface area (Å²) in [5, 5.41) is -0.451. The summed E-state index contributed by atoms with van der Waals surface area (Å²) in [4.78, 5) is 0. The molecule has 0 saturated carbocycles. The highest BCUT2D eigenvalue weighted by molar-refractivity contribution is 6.97. The maximum atomic E-state index is 7.57. The van der Waals surface area contributed by atoms with E-state index in [1.807, 2.05) is 0 Å². The van der Waals surface area contributed by atoms with Crippen molar-refractivity contribution in [2.24, 2.45) is 17.8 Å². The molecule has 0 aromatic rings. The van der Waals surface area contributed by atoms with Crippen molar-refractivity contribution in [3.05, 3.63) is 0 Å². The van der Waals surface area contributed by atoms with Gasteiger partial charge in [0.05, 0.1) is 0 Å². The topological polar surface area (TPSA) is 55.4 Å². The standard InChI is InChI=1S/C30H66O6Si3/c1-25(2)22-31-16-19-37(28(7,8)9)34-38(29(10,11)12,20-17-32-23-26(3)4)36-39(35-37,30(13,14)15)21-18-33-24-27(5)6/h25-27H,16-24H2,1-15H3. The first kappa shape index (κ1) is 37.4. The van der Waals surface area contributed by atoms with Crippen LogP contribution in [-0.2, 0) is 26.6 Å². The van der Waals surface area contributed by atoms with Crippen LogP contribution in [0.3, 0.4) is 0 Å². The minimum atomic E-state index is -2.85. The fourth-order valence-electron chi connectivity index (χ4n) is 4.79. The molecule has 0 aromatic heterocycles. The Morgan fingerprint density at radius 3 is 0.795 bits per heavy atom. The molecule has 0 aromatic carbocycles. The largest absolute Gasteiger partial charge is 0.415 e. The molecular formula is C30H66O6Si3. The minimum Gasteiger partial charge on any atom is -0.415 e. The number of ether oxygens (including phenoxy) is 3. The lowest BCUT2D eigenvalue weighted by atomic mass is 10.2. The van der Waals surface area contributed by atoms with Gasteiger partial charge in [-0.15, -0.1) is 0 Å². The van der Waals surface area contributed by atoms with Gasteiger partial charge in [-0.3, -0.25) is 0 Å². The smallest absolute Gasteiger partial charge is 0.328 e. The summed E-state index contributed by atoms with van der Waals surface area (Å²) in [5.41, 5.74) is 0. The van der Waals surface area contributed by atoms with E-state index in [0.29, 0.717) is 37.6 Å². The zero-order valence-electron chi connectivity index (χ0n) is 28.5. The summed E-state index contributed by atoms with van der Waals surface area (Å²) >= 11 is 0. The summed E-state index contributed by atoms with van der Waals surface area (Å²) in [5.74, 6) is 1.49. The summed E-state index contributed by atoms with van der Waals surface area (Å²) in [6, 6.07) is 2.42. The Bertz CT molecular complexity index is 606. The van der Waals surface area contributed by atoms with Crippen LogP contribution in [-0.4, -0.2) is 65.3 Å². The van der Waals surface area contributed by atoms with Crippen molar-refractivity contribution in [1.82, 2.24) is 0 Å². The molecule has 1 aliphatic rings. The van der Waals surface area contributed by atoms with Crippen molar-refractivity contribution in [3.63, 3.8) is 0 Å². The van der Waals surface area contributed by atoms with Crippen LogP contribution in [0.5, 0.6) is 0 Å². The van der Waals surface area contributed by atoms with Crippen molar-refractivity contribution in [2.45, 2.75) is 137 Å². The highest BCUT2D eigenvalue weighted by Gasteiger charge is 2.71. The first-order valence-corrected chi connectivity index (χ1v) is 21.5. The van der Waals surface area contributed by atoms with Crippen LogP contribution in [0.15, 0.2) is 0 Å². The van der Waals surface area contributed by atoms with Gasteiger partial charge in [0.1, 0.15) is 0 Å². The van der Waals surface area contributed by atoms with E-state index in [1.165, 1.54) is 0 Å². The molecule has 39 heavy (non-hydrogen) atoms. The van der Waals surface area contributed by atoms with Crippen molar-refractivity contribution >= 4 is 25.7 Å². The molecule has 0 amide bonds. The third-order valence-electron chi connectivity index (χ3n) is 7.50. The van der Waals surface area contributed by atoms with Gasteiger partial charge in [0.25, 0.3) is 0 Å². The van der Waals surface area contributed by atoms with Crippen LogP contribution >= 0.6 is 0 Å². The van der Waals surface area contributed by atoms with Crippen molar-refractivity contribution < 1.29 is 26.6 Å². The highest BCUT2D eigenvalue weighted by atomic mass is 28.5. The molecular weight excluding hydrogens is 541 g/mol. The molecule has 234 valence electrons. The maximum absolute atomic E-state index is 7.57. The first-order valence-electron chi connectivity index (χ1n) is 15.5. The second-order valence-electron chi connectivity index (χ2n) is 16.0. The van der Waals surface area contributed by atoms with E-state index in [4.69, 9.17) is 26.6 Å². The first-order chi connectivity index (χ1) is 17.6. The van der Waals surface area contributed by atoms with E-state index in [2.05, 4.69) is 104 Å². The van der Waals surface area contributed by atoms with Crippen LogP contribution in [0.4, 0.5) is 0 Å². The molecule has 0 radical (unpaired) electrons. The zero-order chi connectivity index (χ0) is 30.3. The Kier molecular flexibility index (Phi) is 14.1. The second-order valence-corrected chi connectivity index (χ2v) is 28.9. The molecule has 0 spiro atoms. The predicted octanol–water partition coefficient (Wildman–Crippen LogP) is 8.79. The lowest BCUT2D eigenvalue weighted by Crippen LogP contribution is -2.77. The Balaban J connectivity index is 3.66. The van der Waals surface area contributed by atoms with Crippen molar-refractivity contribution in [2.75, 3.05) is 39.6 Å². The highest BCUT2D eigenvalue weighted by Crippen LogP contribution is 2.58. The van der Waals surface area contributed by atoms with E-state index in [-0.39, 0.29) is 15.1 Å². The van der Waals surface area contributed by atoms with E-state index >= 15 is 0 Å². The fraction of sp³-hybridized carbons (Fsp3) is 1.00. The number of hydrogen-bond donors (Lipinski definition) is 0. The molecule has 0 bridgehead atoms. The molecule has 1 fully saturated rings. The van der Waals surface area contributed by atoms with E-state index in [9.17, 15) is 0 Å². The Morgan fingerprint density at radius 2 is 0.641 bits per heavy atom. The lowest BCUT2D eigenvalue weighted by Gasteiger charge is -2.62. The molecule has 1 saturated heterocycles. The monoisotopic (exact) mass is 606 g/mol. The number of rotatable bonds is 15. The molecule has 1 aliphatic heterocycles. The molecule has 9 heteroatoms. The molecule has 0 atom stereocenters. The van der Waals surface area contributed by atoms with Crippen LogP contribution in [0.25, 0.3) is 0 Å². The van der Waals surface area contributed by atoms with Gasteiger partial charge in [-0.2, -0.15) is 0 Å². The van der Waals surface area contributed by atoms with Gasteiger partial charge < -0.3 is 26.6 Å². The second kappa shape index (κ2) is 14.7. The summed E-state index contributed by atoms with van der Waals surface area (Å²) < 4.78 is 41.3. The third-order valence-corrected chi connectivity index (χ3v) is 24.9. The molecule has 0 unspecified atom stereocenters. The molecule has 6 nitrogen and oxygen atoms in total. The minimum absolute atomic E-state index is 0.150. The van der Waals surface area contributed by atoms with Gasteiger partial charge in [-0.25, -0.2) is 0 Å². The van der Waals surface area contributed by atoms with Gasteiger partial charge in [0.15, 0.2) is 0 Å². The molecule has 1 heterocycles. The van der Waals surface area contributed by atoms with Crippen LogP contribution in [0.2, 0.25) is 33.2 Å². The summed E-state index contributed by atoms with van der Waals surface area (Å²) in [6.45, 7) is 38.1. The predicted molar refractivity (Wildman–Crippen MR) is 171 cm³/mol. The normalized spacial score (nSPS) is 27.2. The molecule has 1 rings (SSSR count). The average molecular weight is 607 g/mol. The van der Waals surface area contributed by atoms with E-state index < -0.39 is 25.7 Å². The maximum Gasteiger partial charge on any atom is 0.328 e. The molecule has 0 aliphatic carbocycles. The SMILES string of the molecule is CC(C)COCC[Si]1(C(C)(C)C)O[Si](CCOCC(C)C)(C(C)(C)C)O[Si](CCOCC(C)C)(C(C)(C)C)O1. The third kappa shape index (κ3) is 10.6. The Morgan fingerprint density at radius 1 is 0.436 bits per heavy atom. The molecule has 0 N–H and O–H groups in total. The Labute approximate surface area is 246 Å². The van der Waals surface area contributed by atoms with Gasteiger partial charge in [-0.05, 0) is 17.8 Å². The van der Waals surface area contributed by atoms with Crippen LogP contribution in [0, 0.1) is 17.8 Å². The van der Waals surface area contributed by atoms with Gasteiger partial charge in [0.2, 0.25) is 0 Å². The average Bonchev–Trinajstić information content (AvgIpc) is 2.74. The van der Waals surface area contributed by atoms with Crippen LogP contribution < -0.4 is 0 Å². The quantitative estimate of drug-likeness (QED) is 0.137. The fourth-order valence-corrected chi connectivity index (χ4v) is 26.1. The van der Waals surface area contributed by atoms with Crippen LogP contribution in [0.1, 0.15) is 104 Å². The Hall–Kier alpha value is 0.411. The summed E-state index contributed by atoms with van der Waals surface area (Å²) in [7, 11) is -8.55. The van der Waals surface area contributed by atoms with Gasteiger partial charge in [0, 0.05) is 72.9 Å². The van der Waals surface area contributed by atoms with E-state index in [0.717, 1.165) is 38.0 Å². The lowest BCUT2D eigenvalue weighted by molar-refractivity contribution is 0.0893. The van der Waals surface area contributed by atoms with Gasteiger partial charge in [-0.1, -0.05) is 104 Å².